The summed E-state index contributed by atoms with van der Waals surface area (Å²) in [4.78, 5) is 24.4. The van der Waals surface area contributed by atoms with Crippen molar-refractivity contribution in [2.24, 2.45) is 0 Å². The Hall–Kier alpha value is -4.22. The number of carbonyl (C=O) groups is 2. The Bertz CT molecular complexity index is 1380. The first kappa shape index (κ1) is 57.8. The predicted molar refractivity (Wildman–Crippen MR) is 269 cm³/mol. The van der Waals surface area contributed by atoms with Gasteiger partial charge in [-0.15, -0.1) is 0 Å². The topological polar surface area (TPSA) is 72.8 Å². The number of aliphatic hydroxyl groups excluding tert-OH is 1. The summed E-state index contributed by atoms with van der Waals surface area (Å²) in [5.41, 5.74) is 0. The van der Waals surface area contributed by atoms with Gasteiger partial charge in [-0.1, -0.05) is 198 Å². The third-order valence-corrected chi connectivity index (χ3v) is 9.63. The molecule has 0 saturated carbocycles. The van der Waals surface area contributed by atoms with Crippen LogP contribution in [-0.4, -0.2) is 36.4 Å². The summed E-state index contributed by atoms with van der Waals surface area (Å²) in [5.74, 6) is -0.665. The molecule has 1 unspecified atom stereocenters. The molecular weight excluding hydrogens is 765 g/mol. The molecule has 0 aliphatic heterocycles. The van der Waals surface area contributed by atoms with Crippen molar-refractivity contribution in [2.45, 2.75) is 187 Å². The number of unbranched alkanes of at least 4 members (excludes halogenated alkanes) is 10. The molecular formula is C57H88O5. The fourth-order valence-electron chi connectivity index (χ4n) is 6.03. The summed E-state index contributed by atoms with van der Waals surface area (Å²) in [5, 5.41) is 9.62. The van der Waals surface area contributed by atoms with Crippen LogP contribution in [0.4, 0.5) is 0 Å². The Balaban J connectivity index is 3.68. The van der Waals surface area contributed by atoms with E-state index in [2.05, 4.69) is 160 Å². The van der Waals surface area contributed by atoms with Crippen molar-refractivity contribution < 1.29 is 24.2 Å². The molecule has 0 saturated heterocycles. The van der Waals surface area contributed by atoms with Gasteiger partial charge in [-0.05, 0) is 116 Å². The van der Waals surface area contributed by atoms with Gasteiger partial charge in [0.2, 0.25) is 0 Å². The highest BCUT2D eigenvalue weighted by molar-refractivity contribution is 5.70. The SMILES string of the molecule is CC/C=C\C/C=C\C/C=C\C/C=C\C/C=C\C/C=C\CCCCCCCCCCC(=O)OC(CO)COC(=O)CCCC/C=C\C/C=C\C/C=C\C/C=C\C/C=C\C/C=C\CC. The van der Waals surface area contributed by atoms with Crippen LogP contribution >= 0.6 is 0 Å². The lowest BCUT2D eigenvalue weighted by Gasteiger charge is -2.15. The van der Waals surface area contributed by atoms with E-state index in [1.807, 2.05) is 0 Å². The number of esters is 2. The summed E-state index contributed by atoms with van der Waals surface area (Å²) < 4.78 is 10.6. The Labute approximate surface area is 380 Å². The lowest BCUT2D eigenvalue weighted by molar-refractivity contribution is -0.161. The predicted octanol–water partition coefficient (Wildman–Crippen LogP) is 16.3. The van der Waals surface area contributed by atoms with Crippen LogP contribution in [0.3, 0.4) is 0 Å². The van der Waals surface area contributed by atoms with Gasteiger partial charge >= 0.3 is 11.9 Å². The summed E-state index contributed by atoms with van der Waals surface area (Å²) >= 11 is 0. The zero-order chi connectivity index (χ0) is 44.9. The number of hydrogen-bond donors (Lipinski definition) is 1. The van der Waals surface area contributed by atoms with E-state index < -0.39 is 6.10 Å². The maximum atomic E-state index is 12.3. The minimum absolute atomic E-state index is 0.103. The molecule has 0 spiro atoms. The van der Waals surface area contributed by atoms with Gasteiger partial charge in [0.05, 0.1) is 6.61 Å². The molecule has 0 fully saturated rings. The van der Waals surface area contributed by atoms with Crippen molar-refractivity contribution >= 4 is 11.9 Å². The largest absolute Gasteiger partial charge is 0.462 e. The minimum atomic E-state index is -0.807. The van der Waals surface area contributed by atoms with Gasteiger partial charge in [0.15, 0.2) is 6.10 Å². The van der Waals surface area contributed by atoms with Gasteiger partial charge < -0.3 is 14.6 Å². The van der Waals surface area contributed by atoms with Gasteiger partial charge in [0.1, 0.15) is 6.61 Å². The van der Waals surface area contributed by atoms with Crippen LogP contribution in [0.25, 0.3) is 0 Å². The molecule has 0 radical (unpaired) electrons. The summed E-state index contributed by atoms with van der Waals surface area (Å²) in [6.07, 6.45) is 77.8. The summed E-state index contributed by atoms with van der Waals surface area (Å²) in [6, 6.07) is 0. The standard InChI is InChI=1S/C57H88O5/c1-3-5-7-9-11-13-15-17-19-21-23-25-26-27-28-29-30-32-34-36-38-40-42-44-46-48-50-52-57(60)62-55(53-58)54-61-56(59)51-49-47-45-43-41-39-37-35-33-31-24-22-20-18-16-14-12-10-8-6-4-2/h5-8,11-14,17-20,23-25,27-28,30-32,35,37,41,43,55,58H,3-4,9-10,15-16,21-22,26,29,33-34,36,38-40,42,44-54H2,1-2H3/b7-5-,8-6-,13-11-,14-12-,19-17-,20-18-,25-23-,28-27-,31-24-,32-30-,37-35-,43-41-. The maximum Gasteiger partial charge on any atom is 0.306 e. The first-order valence-electron chi connectivity index (χ1n) is 24.4. The smallest absolute Gasteiger partial charge is 0.306 e. The molecule has 0 aliphatic carbocycles. The van der Waals surface area contributed by atoms with Gasteiger partial charge in [0.25, 0.3) is 0 Å². The highest BCUT2D eigenvalue weighted by atomic mass is 16.6. The molecule has 5 nitrogen and oxygen atoms in total. The van der Waals surface area contributed by atoms with Crippen molar-refractivity contribution in [3.63, 3.8) is 0 Å². The molecule has 5 heteroatoms. The van der Waals surface area contributed by atoms with E-state index in [9.17, 15) is 14.7 Å². The average molecular weight is 853 g/mol. The highest BCUT2D eigenvalue weighted by Gasteiger charge is 2.16. The van der Waals surface area contributed by atoms with E-state index >= 15 is 0 Å². The van der Waals surface area contributed by atoms with Crippen LogP contribution in [0.5, 0.6) is 0 Å². The number of rotatable bonds is 42. The first-order valence-corrected chi connectivity index (χ1v) is 24.4. The number of ether oxygens (including phenoxy) is 2. The number of aliphatic hydroxyl groups is 1. The van der Waals surface area contributed by atoms with Crippen LogP contribution in [0.15, 0.2) is 146 Å². The second-order valence-corrected chi connectivity index (χ2v) is 15.4. The maximum absolute atomic E-state index is 12.3. The summed E-state index contributed by atoms with van der Waals surface area (Å²) in [7, 11) is 0. The van der Waals surface area contributed by atoms with Gasteiger partial charge in [-0.3, -0.25) is 9.59 Å². The van der Waals surface area contributed by atoms with E-state index in [1.165, 1.54) is 32.1 Å². The van der Waals surface area contributed by atoms with Crippen molar-refractivity contribution in [2.75, 3.05) is 13.2 Å². The molecule has 0 aliphatic rings. The Kier molecular flexibility index (Phi) is 47.7. The molecule has 0 aromatic rings. The van der Waals surface area contributed by atoms with Crippen molar-refractivity contribution in [1.82, 2.24) is 0 Å². The fourth-order valence-corrected chi connectivity index (χ4v) is 6.03. The fraction of sp³-hybridized carbons (Fsp3) is 0.544. The first-order chi connectivity index (χ1) is 30.6. The Morgan fingerprint density at radius 3 is 1.00 bits per heavy atom. The van der Waals surface area contributed by atoms with Crippen LogP contribution in [0.2, 0.25) is 0 Å². The number of allylic oxidation sites excluding steroid dienone is 24. The van der Waals surface area contributed by atoms with Crippen LogP contribution < -0.4 is 0 Å². The zero-order valence-electron chi connectivity index (χ0n) is 39.3. The quantitative estimate of drug-likeness (QED) is 0.0376. The molecule has 0 heterocycles. The third kappa shape index (κ3) is 48.4. The second kappa shape index (κ2) is 51.1. The van der Waals surface area contributed by atoms with Crippen molar-refractivity contribution in [3.8, 4) is 0 Å². The molecule has 0 amide bonds. The molecule has 1 atom stereocenters. The Morgan fingerprint density at radius 2 is 0.645 bits per heavy atom. The second-order valence-electron chi connectivity index (χ2n) is 15.4. The molecule has 346 valence electrons. The van der Waals surface area contributed by atoms with Crippen LogP contribution in [0, 0.1) is 0 Å². The van der Waals surface area contributed by atoms with Crippen LogP contribution in [-0.2, 0) is 19.1 Å². The van der Waals surface area contributed by atoms with Crippen molar-refractivity contribution in [1.29, 1.82) is 0 Å². The van der Waals surface area contributed by atoms with Crippen LogP contribution in [0.1, 0.15) is 181 Å². The molecule has 62 heavy (non-hydrogen) atoms. The third-order valence-electron chi connectivity index (χ3n) is 9.63. The van der Waals surface area contributed by atoms with Gasteiger partial charge in [0, 0.05) is 12.8 Å². The number of carbonyl (C=O) groups excluding carboxylic acids is 2. The van der Waals surface area contributed by atoms with E-state index in [0.717, 1.165) is 122 Å². The Morgan fingerprint density at radius 1 is 0.371 bits per heavy atom. The monoisotopic (exact) mass is 853 g/mol. The molecule has 1 N–H and O–H groups in total. The number of hydrogen-bond acceptors (Lipinski definition) is 5. The normalized spacial score (nSPS) is 13.5. The van der Waals surface area contributed by atoms with E-state index in [1.54, 1.807) is 0 Å². The zero-order valence-corrected chi connectivity index (χ0v) is 39.3. The molecule has 0 aromatic heterocycles. The van der Waals surface area contributed by atoms with Gasteiger partial charge in [-0.25, -0.2) is 0 Å². The molecule has 0 bridgehead atoms. The summed E-state index contributed by atoms with van der Waals surface area (Å²) in [6.45, 7) is 3.85. The minimum Gasteiger partial charge on any atom is -0.462 e. The van der Waals surface area contributed by atoms with Crippen molar-refractivity contribution in [3.05, 3.63) is 146 Å². The van der Waals surface area contributed by atoms with E-state index in [4.69, 9.17) is 9.47 Å². The van der Waals surface area contributed by atoms with E-state index in [-0.39, 0.29) is 25.2 Å². The molecule has 0 aromatic carbocycles. The lowest BCUT2D eigenvalue weighted by atomic mass is 10.1. The molecule has 0 rings (SSSR count). The average Bonchev–Trinajstić information content (AvgIpc) is 3.28. The van der Waals surface area contributed by atoms with E-state index in [0.29, 0.717) is 12.8 Å². The highest BCUT2D eigenvalue weighted by Crippen LogP contribution is 2.12. The van der Waals surface area contributed by atoms with Gasteiger partial charge in [-0.2, -0.15) is 0 Å². The lowest BCUT2D eigenvalue weighted by Crippen LogP contribution is -2.28.